The van der Waals surface area contributed by atoms with Gasteiger partial charge in [-0.25, -0.2) is 4.98 Å². The molecule has 0 aliphatic carbocycles. The molecule has 230 valence electrons. The van der Waals surface area contributed by atoms with Gasteiger partial charge in [0.05, 0.1) is 11.2 Å². The number of hydrogen-bond acceptors (Lipinski definition) is 5. The number of hydrogen-bond donors (Lipinski definition) is 0. The average Bonchev–Trinajstić information content (AvgIpc) is 3.00. The number of benzene rings is 3. The van der Waals surface area contributed by atoms with Gasteiger partial charge in [-0.3, -0.25) is 9.69 Å². The van der Waals surface area contributed by atoms with E-state index in [1.807, 2.05) is 55.1 Å². The monoisotopic (exact) mass is 695 g/mol. The van der Waals surface area contributed by atoms with E-state index in [0.29, 0.717) is 47.1 Å². The highest BCUT2D eigenvalue weighted by Crippen LogP contribution is 2.35. The third kappa shape index (κ3) is 8.85. The van der Waals surface area contributed by atoms with Crippen LogP contribution in [-0.4, -0.2) is 46.9 Å². The summed E-state index contributed by atoms with van der Waals surface area (Å²) in [6.45, 7) is 10.3. The first kappa shape index (κ1) is 33.5. The molecule has 2 heterocycles. The number of aromatic nitrogens is 1. The maximum absolute atomic E-state index is 13.1. The number of rotatable bonds is 9. The largest absolute Gasteiger partial charge is 0.487 e. The Bertz CT molecular complexity index is 1580. The molecule has 0 spiro atoms. The molecule has 1 fully saturated rings. The highest BCUT2D eigenvalue weighted by atomic mass is 79.9. The van der Waals surface area contributed by atoms with Crippen molar-refractivity contribution in [1.29, 1.82) is 0 Å². The number of amides is 1. The number of piperazine rings is 1. The molecule has 1 aliphatic heterocycles. The Kier molecular flexibility index (Phi) is 11.9. The second kappa shape index (κ2) is 15.6. The molecule has 9 heteroatoms. The van der Waals surface area contributed by atoms with Gasteiger partial charge >= 0.3 is 0 Å². The van der Waals surface area contributed by atoms with Crippen LogP contribution in [0.2, 0.25) is 10.0 Å². The van der Waals surface area contributed by atoms with E-state index < -0.39 is 0 Å². The Labute approximate surface area is 280 Å². The molecular weight excluding hydrogens is 661 g/mol. The lowest BCUT2D eigenvalue weighted by Gasteiger charge is -2.34. The van der Waals surface area contributed by atoms with Gasteiger partial charge in [-0.15, -0.1) is 17.0 Å². The minimum atomic E-state index is 0. The maximum Gasteiger partial charge on any atom is 0.246 e. The molecule has 0 unspecified atom stereocenters. The Morgan fingerprint density at radius 3 is 2.32 bits per heavy atom. The molecule has 6 nitrogen and oxygen atoms in total. The van der Waals surface area contributed by atoms with E-state index in [1.165, 1.54) is 11.1 Å². The number of aryl methyl sites for hydroxylation is 2. The summed E-state index contributed by atoms with van der Waals surface area (Å²) < 4.78 is 11.8. The van der Waals surface area contributed by atoms with Gasteiger partial charge in [0.2, 0.25) is 11.8 Å². The SMILES string of the molecule is Br.CC(=CC(=O)N1CCN(Cc2ccc(C)cc2)CC1)c1cc(C)c(Oc2ccc(OCc3ccccc3Cl)cn2)c(Cl)c1. The lowest BCUT2D eigenvalue weighted by Crippen LogP contribution is -2.47. The van der Waals surface area contributed by atoms with Crippen molar-refractivity contribution in [2.45, 2.75) is 33.9 Å². The van der Waals surface area contributed by atoms with Crippen LogP contribution in [0, 0.1) is 13.8 Å². The van der Waals surface area contributed by atoms with Crippen LogP contribution in [0.4, 0.5) is 0 Å². The Hall–Kier alpha value is -3.36. The van der Waals surface area contributed by atoms with Gasteiger partial charge in [0.15, 0.2) is 5.75 Å². The third-order valence-corrected chi connectivity index (χ3v) is 8.15. The van der Waals surface area contributed by atoms with Crippen LogP contribution >= 0.6 is 40.2 Å². The first-order valence-corrected chi connectivity index (χ1v) is 15.1. The minimum Gasteiger partial charge on any atom is -0.487 e. The average molecular weight is 698 g/mol. The van der Waals surface area contributed by atoms with E-state index in [1.54, 1.807) is 24.4 Å². The molecule has 1 aliphatic rings. The van der Waals surface area contributed by atoms with E-state index in [0.717, 1.165) is 41.9 Å². The van der Waals surface area contributed by atoms with Crippen molar-refractivity contribution in [3.8, 4) is 17.4 Å². The summed E-state index contributed by atoms with van der Waals surface area (Å²) in [4.78, 5) is 21.8. The first-order valence-electron chi connectivity index (χ1n) is 14.3. The van der Waals surface area contributed by atoms with E-state index in [-0.39, 0.29) is 22.9 Å². The van der Waals surface area contributed by atoms with Gasteiger partial charge in [0.25, 0.3) is 0 Å². The molecule has 0 bridgehead atoms. The summed E-state index contributed by atoms with van der Waals surface area (Å²) in [6.07, 6.45) is 3.30. The lowest BCUT2D eigenvalue weighted by molar-refractivity contribution is -0.127. The third-order valence-electron chi connectivity index (χ3n) is 7.50. The normalized spacial score (nSPS) is 13.8. The molecule has 0 radical (unpaired) electrons. The molecule has 1 aromatic heterocycles. The molecule has 5 rings (SSSR count). The second-order valence-electron chi connectivity index (χ2n) is 10.8. The van der Waals surface area contributed by atoms with Crippen LogP contribution in [0.25, 0.3) is 5.57 Å². The molecule has 1 amide bonds. The summed E-state index contributed by atoms with van der Waals surface area (Å²) in [6, 6.07) is 23.5. The fraction of sp³-hybridized carbons (Fsp3) is 0.257. The van der Waals surface area contributed by atoms with Crippen LogP contribution < -0.4 is 9.47 Å². The highest BCUT2D eigenvalue weighted by molar-refractivity contribution is 8.93. The van der Waals surface area contributed by atoms with Crippen LogP contribution in [0.3, 0.4) is 0 Å². The van der Waals surface area contributed by atoms with E-state index in [2.05, 4.69) is 41.1 Å². The fourth-order valence-electron chi connectivity index (χ4n) is 4.92. The summed E-state index contributed by atoms with van der Waals surface area (Å²) in [5, 5.41) is 1.10. The van der Waals surface area contributed by atoms with E-state index in [4.69, 9.17) is 32.7 Å². The van der Waals surface area contributed by atoms with Crippen LogP contribution in [-0.2, 0) is 17.9 Å². The van der Waals surface area contributed by atoms with Gasteiger partial charge in [-0.1, -0.05) is 71.2 Å². The minimum absolute atomic E-state index is 0. The lowest BCUT2D eigenvalue weighted by atomic mass is 10.0. The molecule has 4 aromatic rings. The van der Waals surface area contributed by atoms with Crippen molar-refractivity contribution in [2.75, 3.05) is 26.2 Å². The van der Waals surface area contributed by atoms with Crippen molar-refractivity contribution in [3.63, 3.8) is 0 Å². The van der Waals surface area contributed by atoms with Crippen LogP contribution in [0.1, 0.15) is 34.7 Å². The molecule has 1 saturated heterocycles. The quantitative estimate of drug-likeness (QED) is 0.164. The van der Waals surface area contributed by atoms with Crippen molar-refractivity contribution < 1.29 is 14.3 Å². The zero-order valence-corrected chi connectivity index (χ0v) is 28.3. The van der Waals surface area contributed by atoms with Gasteiger partial charge in [-0.2, -0.15) is 0 Å². The number of carbonyl (C=O) groups is 1. The Morgan fingerprint density at radius 1 is 0.932 bits per heavy atom. The molecular formula is C35H36BrCl2N3O3. The summed E-state index contributed by atoms with van der Waals surface area (Å²) in [5.41, 5.74) is 6.02. The Balaban J connectivity index is 0.00000442. The number of allylic oxidation sites excluding steroid dienone is 1. The standard InChI is InChI=1S/C35H35Cl2N3O3.BrH/c1-24-8-10-27(11-9-24)22-39-14-16-40(17-15-39)34(41)19-25(2)29-18-26(3)35(32(37)20-29)43-33-13-12-30(21-38-33)42-23-28-6-4-5-7-31(28)36;/h4-13,18-21H,14-17,22-23H2,1-3H3;1H. The van der Waals surface area contributed by atoms with Crippen molar-refractivity contribution in [3.05, 3.63) is 123 Å². The maximum atomic E-state index is 13.1. The van der Waals surface area contributed by atoms with Gasteiger partial charge < -0.3 is 14.4 Å². The molecule has 0 N–H and O–H groups in total. The molecule has 3 aromatic carbocycles. The Morgan fingerprint density at radius 2 is 1.66 bits per heavy atom. The van der Waals surface area contributed by atoms with Crippen molar-refractivity contribution in [1.82, 2.24) is 14.8 Å². The van der Waals surface area contributed by atoms with Crippen LogP contribution in [0.5, 0.6) is 17.4 Å². The number of carbonyl (C=O) groups excluding carboxylic acids is 1. The summed E-state index contributed by atoms with van der Waals surface area (Å²) in [7, 11) is 0. The first-order chi connectivity index (χ1) is 20.7. The predicted molar refractivity (Wildman–Crippen MR) is 183 cm³/mol. The van der Waals surface area contributed by atoms with E-state index >= 15 is 0 Å². The second-order valence-corrected chi connectivity index (χ2v) is 11.6. The zero-order chi connectivity index (χ0) is 30.3. The van der Waals surface area contributed by atoms with Crippen molar-refractivity contribution in [2.24, 2.45) is 0 Å². The number of halogens is 3. The fourth-order valence-corrected chi connectivity index (χ4v) is 5.41. The smallest absolute Gasteiger partial charge is 0.246 e. The van der Waals surface area contributed by atoms with Crippen LogP contribution in [0.15, 0.2) is 85.1 Å². The molecule has 0 saturated carbocycles. The molecule has 0 atom stereocenters. The zero-order valence-electron chi connectivity index (χ0n) is 25.1. The number of ether oxygens (including phenoxy) is 2. The highest BCUT2D eigenvalue weighted by Gasteiger charge is 2.20. The topological polar surface area (TPSA) is 54.9 Å². The number of pyridine rings is 1. The summed E-state index contributed by atoms with van der Waals surface area (Å²) in [5.74, 6) is 1.53. The van der Waals surface area contributed by atoms with Crippen molar-refractivity contribution >= 4 is 51.7 Å². The predicted octanol–water partition coefficient (Wildman–Crippen LogP) is 8.70. The summed E-state index contributed by atoms with van der Waals surface area (Å²) >= 11 is 12.9. The number of nitrogens with zero attached hydrogens (tertiary/aromatic N) is 3. The van der Waals surface area contributed by atoms with E-state index in [9.17, 15) is 4.79 Å². The molecule has 44 heavy (non-hydrogen) atoms. The van der Waals surface area contributed by atoms with Gasteiger partial charge in [-0.05, 0) is 67.3 Å². The van der Waals surface area contributed by atoms with Gasteiger partial charge in [0.1, 0.15) is 12.4 Å². The van der Waals surface area contributed by atoms with Gasteiger partial charge in [0, 0.05) is 55.5 Å².